The summed E-state index contributed by atoms with van der Waals surface area (Å²) in [5.41, 5.74) is 4.84. The molecular weight excluding hydrogens is 353 g/mol. The van der Waals surface area contributed by atoms with Crippen LogP contribution in [0.25, 0.3) is 0 Å². The summed E-state index contributed by atoms with van der Waals surface area (Å²) in [5.74, 6) is 0.240. The summed E-state index contributed by atoms with van der Waals surface area (Å²) in [5, 5.41) is -0.422. The summed E-state index contributed by atoms with van der Waals surface area (Å²) in [6.45, 7) is 2.44. The van der Waals surface area contributed by atoms with Gasteiger partial charge in [-0.2, -0.15) is 17.5 Å². The molecule has 0 spiro atoms. The van der Waals surface area contributed by atoms with Crippen molar-refractivity contribution >= 4 is 21.6 Å². The third-order valence-electron chi connectivity index (χ3n) is 4.12. The fourth-order valence-electron chi connectivity index (χ4n) is 2.67. The number of sulfonamides is 1. The number of hydrogen-bond donors (Lipinski definition) is 1. The van der Waals surface area contributed by atoms with Gasteiger partial charge in [-0.15, -0.1) is 0 Å². The first-order valence-corrected chi connectivity index (χ1v) is 8.97. The number of nitrogens with two attached hydrogens (primary N) is 1. The van der Waals surface area contributed by atoms with Crippen LogP contribution in [0, 0.1) is 5.92 Å². The van der Waals surface area contributed by atoms with Crippen LogP contribution in [-0.4, -0.2) is 31.9 Å². The second-order valence-corrected chi connectivity index (χ2v) is 8.06. The fourth-order valence-corrected chi connectivity index (χ4v) is 4.66. The summed E-state index contributed by atoms with van der Waals surface area (Å²) >= 11 is 5.79. The summed E-state index contributed by atoms with van der Waals surface area (Å²) in [6.07, 6.45) is -3.33. The molecule has 2 N–H and O–H groups in total. The number of rotatable bonds is 3. The van der Waals surface area contributed by atoms with E-state index in [0.29, 0.717) is 18.9 Å². The maximum Gasteiger partial charge on any atom is 0.416 e. The summed E-state index contributed by atoms with van der Waals surface area (Å²) in [4.78, 5) is -0.300. The van der Waals surface area contributed by atoms with Crippen LogP contribution in [0.1, 0.15) is 25.3 Å². The van der Waals surface area contributed by atoms with Gasteiger partial charge in [0.2, 0.25) is 10.0 Å². The van der Waals surface area contributed by atoms with Gasteiger partial charge in [0.05, 0.1) is 10.6 Å². The Hall–Kier alpha value is -0.830. The van der Waals surface area contributed by atoms with Crippen molar-refractivity contribution < 1.29 is 21.6 Å². The van der Waals surface area contributed by atoms with Gasteiger partial charge in [-0.1, -0.05) is 11.6 Å². The van der Waals surface area contributed by atoms with Crippen molar-refractivity contribution in [2.45, 2.75) is 36.9 Å². The molecule has 0 radical (unpaired) electrons. The van der Waals surface area contributed by atoms with Crippen LogP contribution in [-0.2, 0) is 16.2 Å². The highest BCUT2D eigenvalue weighted by Crippen LogP contribution is 2.35. The van der Waals surface area contributed by atoms with E-state index in [1.807, 2.05) is 6.92 Å². The van der Waals surface area contributed by atoms with Crippen LogP contribution in [0.15, 0.2) is 23.1 Å². The smallest absolute Gasteiger partial charge is 0.328 e. The second kappa shape index (κ2) is 6.58. The number of halogens is 4. The lowest BCUT2D eigenvalue weighted by molar-refractivity contribution is -0.137. The van der Waals surface area contributed by atoms with E-state index in [9.17, 15) is 21.6 Å². The van der Waals surface area contributed by atoms with Crippen molar-refractivity contribution in [3.8, 4) is 0 Å². The fraction of sp³-hybridized carbons (Fsp3) is 0.571. The Balaban J connectivity index is 2.24. The highest BCUT2D eigenvalue weighted by atomic mass is 35.5. The van der Waals surface area contributed by atoms with Gasteiger partial charge in [0.1, 0.15) is 4.90 Å². The highest BCUT2D eigenvalue weighted by Gasteiger charge is 2.35. The van der Waals surface area contributed by atoms with Crippen LogP contribution in [0.5, 0.6) is 0 Å². The molecule has 1 unspecified atom stereocenters. The molecule has 2 rings (SSSR count). The Bertz CT molecular complexity index is 669. The van der Waals surface area contributed by atoms with Crippen molar-refractivity contribution in [3.63, 3.8) is 0 Å². The Morgan fingerprint density at radius 2 is 1.87 bits per heavy atom. The molecule has 0 saturated carbocycles. The normalized spacial score (nSPS) is 19.7. The molecule has 1 heterocycles. The van der Waals surface area contributed by atoms with Gasteiger partial charge in [0, 0.05) is 19.1 Å². The molecule has 1 aliphatic rings. The first-order chi connectivity index (χ1) is 10.5. The lowest BCUT2D eigenvalue weighted by Gasteiger charge is -2.33. The van der Waals surface area contributed by atoms with Crippen LogP contribution < -0.4 is 5.73 Å². The minimum atomic E-state index is -4.57. The lowest BCUT2D eigenvalue weighted by Crippen LogP contribution is -2.42. The minimum absolute atomic E-state index is 0.0190. The third kappa shape index (κ3) is 3.99. The first-order valence-electron chi connectivity index (χ1n) is 7.16. The summed E-state index contributed by atoms with van der Waals surface area (Å²) in [7, 11) is -3.91. The number of hydrogen-bond acceptors (Lipinski definition) is 3. The van der Waals surface area contributed by atoms with Crippen molar-refractivity contribution in [1.29, 1.82) is 0 Å². The zero-order valence-electron chi connectivity index (χ0n) is 12.5. The van der Waals surface area contributed by atoms with Gasteiger partial charge in [-0.3, -0.25) is 0 Å². The monoisotopic (exact) mass is 370 g/mol. The maximum absolute atomic E-state index is 12.6. The zero-order chi connectivity index (χ0) is 17.4. The van der Waals surface area contributed by atoms with Gasteiger partial charge >= 0.3 is 6.18 Å². The average Bonchev–Trinajstić information content (AvgIpc) is 2.46. The molecule has 1 aromatic carbocycles. The van der Waals surface area contributed by atoms with Crippen LogP contribution in [0.3, 0.4) is 0 Å². The van der Waals surface area contributed by atoms with Gasteiger partial charge in [-0.25, -0.2) is 8.42 Å². The van der Waals surface area contributed by atoms with Crippen molar-refractivity contribution in [1.82, 2.24) is 4.31 Å². The molecule has 1 aromatic rings. The van der Waals surface area contributed by atoms with E-state index in [2.05, 4.69) is 0 Å². The molecule has 1 aliphatic heterocycles. The van der Waals surface area contributed by atoms with Crippen LogP contribution in [0.4, 0.5) is 13.2 Å². The predicted octanol–water partition coefficient (Wildman–Crippen LogP) is 3.11. The number of alkyl halides is 3. The molecule has 1 saturated heterocycles. The van der Waals surface area contributed by atoms with Crippen LogP contribution >= 0.6 is 11.6 Å². The molecule has 0 amide bonds. The van der Waals surface area contributed by atoms with Crippen molar-refractivity contribution in [2.24, 2.45) is 11.7 Å². The lowest BCUT2D eigenvalue weighted by atomic mass is 9.92. The Morgan fingerprint density at radius 1 is 1.30 bits per heavy atom. The van der Waals surface area contributed by atoms with E-state index in [1.165, 1.54) is 4.31 Å². The van der Waals surface area contributed by atoms with E-state index >= 15 is 0 Å². The SMILES string of the molecule is CC(N)C1CCN(S(=O)(=O)c2ccc(C(F)(F)F)cc2Cl)CC1. The van der Waals surface area contributed by atoms with E-state index in [4.69, 9.17) is 17.3 Å². The molecule has 4 nitrogen and oxygen atoms in total. The molecule has 0 bridgehead atoms. The highest BCUT2D eigenvalue weighted by molar-refractivity contribution is 7.89. The topological polar surface area (TPSA) is 63.4 Å². The van der Waals surface area contributed by atoms with Crippen molar-refractivity contribution in [2.75, 3.05) is 13.1 Å². The van der Waals surface area contributed by atoms with Gasteiger partial charge in [0.25, 0.3) is 0 Å². The molecule has 0 aromatic heterocycles. The van der Waals surface area contributed by atoms with Gasteiger partial charge < -0.3 is 5.73 Å². The number of piperidine rings is 1. The Kier molecular flexibility index (Phi) is 5.30. The molecule has 23 heavy (non-hydrogen) atoms. The third-order valence-corrected chi connectivity index (χ3v) is 6.50. The van der Waals surface area contributed by atoms with E-state index in [-0.39, 0.29) is 29.9 Å². The Morgan fingerprint density at radius 3 is 2.30 bits per heavy atom. The standard InChI is InChI=1S/C14H18ClF3N2O2S/c1-9(19)10-4-6-20(7-5-10)23(21,22)13-3-2-11(8-12(13)15)14(16,17)18/h2-3,8-10H,4-7,19H2,1H3. The van der Waals surface area contributed by atoms with Gasteiger partial charge in [0.15, 0.2) is 0 Å². The van der Waals surface area contributed by atoms with Crippen LogP contribution in [0.2, 0.25) is 5.02 Å². The van der Waals surface area contributed by atoms with E-state index in [1.54, 1.807) is 0 Å². The van der Waals surface area contributed by atoms with Crippen molar-refractivity contribution in [3.05, 3.63) is 28.8 Å². The first kappa shape index (κ1) is 18.5. The van der Waals surface area contributed by atoms with Gasteiger partial charge in [-0.05, 0) is 43.9 Å². The average molecular weight is 371 g/mol. The van der Waals surface area contributed by atoms with E-state index < -0.39 is 26.8 Å². The Labute approximate surface area is 138 Å². The predicted molar refractivity (Wildman–Crippen MR) is 81.6 cm³/mol. The molecule has 1 fully saturated rings. The van der Waals surface area contributed by atoms with E-state index in [0.717, 1.165) is 12.1 Å². The largest absolute Gasteiger partial charge is 0.416 e. The summed E-state index contributed by atoms with van der Waals surface area (Å²) < 4.78 is 64.3. The molecule has 0 aliphatic carbocycles. The number of nitrogens with zero attached hydrogens (tertiary/aromatic N) is 1. The molecule has 1 atom stereocenters. The number of benzene rings is 1. The quantitative estimate of drug-likeness (QED) is 0.889. The molecular formula is C14H18ClF3N2O2S. The second-order valence-electron chi connectivity index (χ2n) is 5.74. The molecule has 130 valence electrons. The zero-order valence-corrected chi connectivity index (χ0v) is 14.0. The minimum Gasteiger partial charge on any atom is -0.328 e. The summed E-state index contributed by atoms with van der Waals surface area (Å²) in [6, 6.07) is 2.27. The molecule has 9 heteroatoms. The maximum atomic E-state index is 12.6.